The molecule has 0 atom stereocenters. The number of nitrogens with one attached hydrogen (secondary N) is 1. The van der Waals surface area contributed by atoms with E-state index >= 15 is 0 Å². The summed E-state index contributed by atoms with van der Waals surface area (Å²) in [5, 5.41) is 0.665. The lowest BCUT2D eigenvalue weighted by Gasteiger charge is -2.07. The third-order valence-corrected chi connectivity index (χ3v) is 2.32. The van der Waals surface area contributed by atoms with Crippen molar-refractivity contribution in [3.05, 3.63) is 40.4 Å². The molecule has 0 unspecified atom stereocenters. The number of hydrogen-bond acceptors (Lipinski definition) is 2. The number of aromatic amines is 1. The average molecular weight is 188 g/mol. The van der Waals surface area contributed by atoms with Gasteiger partial charge in [0.2, 0.25) is 0 Å². The Balaban J connectivity index is 2.88. The van der Waals surface area contributed by atoms with Gasteiger partial charge in [0.15, 0.2) is 0 Å². The van der Waals surface area contributed by atoms with Gasteiger partial charge in [-0.25, -0.2) is 4.98 Å². The first-order valence-electron chi connectivity index (χ1n) is 4.66. The predicted octanol–water partition coefficient (Wildman–Crippen LogP) is 2.05. The van der Waals surface area contributed by atoms with Gasteiger partial charge in [0.05, 0.1) is 17.2 Å². The van der Waals surface area contributed by atoms with Gasteiger partial charge in [0.1, 0.15) is 0 Å². The minimum Gasteiger partial charge on any atom is -0.313 e. The molecule has 2 aromatic rings. The summed E-state index contributed by atoms with van der Waals surface area (Å²) in [4.78, 5) is 18.2. The molecule has 0 fully saturated rings. The maximum Gasteiger partial charge on any atom is 0.258 e. The van der Waals surface area contributed by atoms with Gasteiger partial charge in [-0.3, -0.25) is 4.79 Å². The van der Waals surface area contributed by atoms with Gasteiger partial charge in [-0.1, -0.05) is 26.0 Å². The molecule has 3 heteroatoms. The molecule has 0 spiro atoms. The number of aromatic nitrogens is 2. The quantitative estimate of drug-likeness (QED) is 0.744. The molecule has 3 nitrogen and oxygen atoms in total. The molecular weight excluding hydrogens is 176 g/mol. The fraction of sp³-hybridized carbons (Fsp3) is 0.273. The molecule has 1 N–H and O–H groups in total. The van der Waals surface area contributed by atoms with Gasteiger partial charge in [-0.05, 0) is 17.5 Å². The Kier molecular flexibility index (Phi) is 2.08. The Bertz CT molecular complexity index is 514. The highest BCUT2D eigenvalue weighted by atomic mass is 16.1. The maximum atomic E-state index is 11.5. The van der Waals surface area contributed by atoms with Gasteiger partial charge in [-0.2, -0.15) is 0 Å². The first-order valence-corrected chi connectivity index (χ1v) is 4.66. The van der Waals surface area contributed by atoms with Crippen LogP contribution in [-0.2, 0) is 0 Å². The summed E-state index contributed by atoms with van der Waals surface area (Å²) in [6.07, 6.45) is 1.45. The first kappa shape index (κ1) is 8.94. The molecule has 1 aromatic heterocycles. The highest BCUT2D eigenvalue weighted by molar-refractivity contribution is 5.80. The number of nitrogens with zero attached hydrogens (tertiary/aromatic N) is 1. The lowest BCUT2D eigenvalue weighted by atomic mass is 10.0. The van der Waals surface area contributed by atoms with Crippen LogP contribution >= 0.6 is 0 Å². The van der Waals surface area contributed by atoms with E-state index in [9.17, 15) is 4.79 Å². The summed E-state index contributed by atoms with van der Waals surface area (Å²) >= 11 is 0. The second-order valence-electron chi connectivity index (χ2n) is 3.63. The van der Waals surface area contributed by atoms with Crippen LogP contribution in [0.4, 0.5) is 0 Å². The van der Waals surface area contributed by atoms with E-state index in [0.717, 1.165) is 11.1 Å². The largest absolute Gasteiger partial charge is 0.313 e. The average Bonchev–Trinajstić information content (AvgIpc) is 2.17. The van der Waals surface area contributed by atoms with Crippen molar-refractivity contribution >= 4 is 10.9 Å². The summed E-state index contributed by atoms with van der Waals surface area (Å²) in [6, 6.07) is 5.71. The summed E-state index contributed by atoms with van der Waals surface area (Å²) in [5.74, 6) is 0.382. The molecule has 0 aliphatic rings. The van der Waals surface area contributed by atoms with E-state index in [1.165, 1.54) is 6.33 Å². The molecule has 0 aliphatic heterocycles. The van der Waals surface area contributed by atoms with Crippen molar-refractivity contribution in [3.63, 3.8) is 0 Å². The molecule has 0 aliphatic carbocycles. The smallest absolute Gasteiger partial charge is 0.258 e. The first-order chi connectivity index (χ1) is 6.70. The summed E-state index contributed by atoms with van der Waals surface area (Å²) < 4.78 is 0. The zero-order chi connectivity index (χ0) is 10.1. The van der Waals surface area contributed by atoms with Gasteiger partial charge in [0.25, 0.3) is 5.56 Å². The molecule has 1 heterocycles. The molecule has 0 saturated heterocycles. The third kappa shape index (κ3) is 1.31. The zero-order valence-electron chi connectivity index (χ0n) is 8.24. The molecule has 0 radical (unpaired) electrons. The van der Waals surface area contributed by atoms with Crippen LogP contribution in [0, 0.1) is 0 Å². The summed E-state index contributed by atoms with van der Waals surface area (Å²) in [6.45, 7) is 4.19. The molecular formula is C11H12N2O. The van der Waals surface area contributed by atoms with Gasteiger partial charge in [-0.15, -0.1) is 0 Å². The van der Waals surface area contributed by atoms with Gasteiger partial charge in [0, 0.05) is 0 Å². The Morgan fingerprint density at radius 2 is 2.14 bits per heavy atom. The van der Waals surface area contributed by atoms with Crippen LogP contribution in [0.25, 0.3) is 10.9 Å². The summed E-state index contributed by atoms with van der Waals surface area (Å²) in [5.41, 5.74) is 1.86. The number of rotatable bonds is 1. The molecule has 72 valence electrons. The topological polar surface area (TPSA) is 45.8 Å². The number of benzene rings is 1. The molecule has 14 heavy (non-hydrogen) atoms. The van der Waals surface area contributed by atoms with E-state index in [4.69, 9.17) is 0 Å². The maximum absolute atomic E-state index is 11.5. The standard InChI is InChI=1S/C11H12N2O/c1-7(2)8-4-3-5-9-10(8)12-6-13-11(9)14/h3-7H,1-2H3,(H,12,13,14). The molecule has 0 amide bonds. The Hall–Kier alpha value is -1.64. The lowest BCUT2D eigenvalue weighted by Crippen LogP contribution is -2.07. The van der Waals surface area contributed by atoms with Crippen LogP contribution in [0.1, 0.15) is 25.3 Å². The van der Waals surface area contributed by atoms with Gasteiger partial charge >= 0.3 is 0 Å². The van der Waals surface area contributed by atoms with Crippen LogP contribution in [0.15, 0.2) is 29.3 Å². The van der Waals surface area contributed by atoms with Gasteiger partial charge < -0.3 is 4.98 Å². The monoisotopic (exact) mass is 188 g/mol. The molecule has 1 aromatic carbocycles. The molecule has 0 bridgehead atoms. The van der Waals surface area contributed by atoms with Crippen LogP contribution < -0.4 is 5.56 Å². The van der Waals surface area contributed by atoms with Crippen LogP contribution in [0.5, 0.6) is 0 Å². The highest BCUT2D eigenvalue weighted by Crippen LogP contribution is 2.20. The minimum absolute atomic E-state index is 0.0718. The fourth-order valence-electron chi connectivity index (χ4n) is 1.59. The van der Waals surface area contributed by atoms with Crippen LogP contribution in [0.2, 0.25) is 0 Å². The summed E-state index contributed by atoms with van der Waals surface area (Å²) in [7, 11) is 0. The van der Waals surface area contributed by atoms with Crippen molar-refractivity contribution in [2.24, 2.45) is 0 Å². The third-order valence-electron chi connectivity index (χ3n) is 2.32. The van der Waals surface area contributed by atoms with E-state index in [0.29, 0.717) is 11.3 Å². The zero-order valence-corrected chi connectivity index (χ0v) is 8.24. The van der Waals surface area contributed by atoms with E-state index < -0.39 is 0 Å². The van der Waals surface area contributed by atoms with Crippen molar-refractivity contribution < 1.29 is 0 Å². The Morgan fingerprint density at radius 1 is 1.36 bits per heavy atom. The van der Waals surface area contributed by atoms with E-state index in [1.807, 2.05) is 12.1 Å². The van der Waals surface area contributed by atoms with E-state index in [-0.39, 0.29) is 5.56 Å². The number of hydrogen-bond donors (Lipinski definition) is 1. The van der Waals surface area contributed by atoms with Crippen LogP contribution in [0.3, 0.4) is 0 Å². The van der Waals surface area contributed by atoms with E-state index in [1.54, 1.807) is 6.07 Å². The second-order valence-corrected chi connectivity index (χ2v) is 3.63. The van der Waals surface area contributed by atoms with Crippen molar-refractivity contribution in [1.29, 1.82) is 0 Å². The fourth-order valence-corrected chi connectivity index (χ4v) is 1.59. The van der Waals surface area contributed by atoms with Crippen molar-refractivity contribution in [1.82, 2.24) is 9.97 Å². The minimum atomic E-state index is -0.0718. The second kappa shape index (κ2) is 3.25. The molecule has 0 saturated carbocycles. The SMILES string of the molecule is CC(C)c1cccc2c(=O)[nH]cnc12. The Labute approximate surface area is 81.8 Å². The van der Waals surface area contributed by atoms with Crippen molar-refractivity contribution in [2.75, 3.05) is 0 Å². The lowest BCUT2D eigenvalue weighted by molar-refractivity contribution is 0.871. The van der Waals surface area contributed by atoms with Crippen molar-refractivity contribution in [3.8, 4) is 0 Å². The number of H-pyrrole nitrogens is 1. The normalized spacial score (nSPS) is 11.1. The number of fused-ring (bicyclic) bond motifs is 1. The Morgan fingerprint density at radius 3 is 2.86 bits per heavy atom. The highest BCUT2D eigenvalue weighted by Gasteiger charge is 2.07. The van der Waals surface area contributed by atoms with Crippen LogP contribution in [-0.4, -0.2) is 9.97 Å². The predicted molar refractivity (Wildman–Crippen MR) is 56.5 cm³/mol. The van der Waals surface area contributed by atoms with E-state index in [2.05, 4.69) is 23.8 Å². The molecule has 2 rings (SSSR count). The number of para-hydroxylation sites is 1. The van der Waals surface area contributed by atoms with Crippen molar-refractivity contribution in [2.45, 2.75) is 19.8 Å².